The average molecular weight is 282 g/mol. The van der Waals surface area contributed by atoms with E-state index < -0.39 is 0 Å². The molecule has 2 heterocycles. The number of rotatable bonds is 1. The fraction of sp³-hybridized carbons (Fsp3) is 0.538. The number of fused-ring (bicyclic) bond motifs is 1. The topological polar surface area (TPSA) is 68.5 Å². The Kier molecular flexibility index (Phi) is 3.33. The summed E-state index contributed by atoms with van der Waals surface area (Å²) >= 11 is 6.06. The molecular formula is C13H16ClN3O2. The molecule has 6 heteroatoms. The van der Waals surface area contributed by atoms with Crippen LogP contribution in [0.2, 0.25) is 5.02 Å². The second-order valence-electron chi connectivity index (χ2n) is 4.97. The van der Waals surface area contributed by atoms with E-state index >= 15 is 0 Å². The lowest BCUT2D eigenvalue weighted by Crippen LogP contribution is -2.51. The molecular weight excluding hydrogens is 266 g/mol. The number of halogens is 1. The number of nitrogen functional groups attached to an aromatic ring is 1. The van der Waals surface area contributed by atoms with Gasteiger partial charge in [-0.3, -0.25) is 4.79 Å². The van der Waals surface area contributed by atoms with E-state index in [1.54, 1.807) is 12.1 Å². The van der Waals surface area contributed by atoms with Crippen molar-refractivity contribution in [2.75, 3.05) is 18.9 Å². The molecule has 2 aliphatic rings. The highest BCUT2D eigenvalue weighted by Gasteiger charge is 2.39. The monoisotopic (exact) mass is 281 g/mol. The summed E-state index contributed by atoms with van der Waals surface area (Å²) in [7, 11) is 0. The van der Waals surface area contributed by atoms with Crippen molar-refractivity contribution in [1.29, 1.82) is 0 Å². The van der Waals surface area contributed by atoms with Gasteiger partial charge in [-0.05, 0) is 31.4 Å². The van der Waals surface area contributed by atoms with E-state index in [9.17, 15) is 4.79 Å². The molecule has 19 heavy (non-hydrogen) atoms. The standard InChI is InChI=1S/C13H16ClN3O2/c14-8-4-5-11(15)16-12(8)13(18)17-6-7-19-10-3-1-2-9(10)17/h4-5,9-10H,1-3,6-7H2,(H2,15,16). The first kappa shape index (κ1) is 12.7. The lowest BCUT2D eigenvalue weighted by molar-refractivity contribution is -0.0447. The number of hydrogen-bond acceptors (Lipinski definition) is 4. The van der Waals surface area contributed by atoms with Crippen LogP contribution in [-0.2, 0) is 4.74 Å². The highest BCUT2D eigenvalue weighted by Crippen LogP contribution is 2.31. The zero-order valence-electron chi connectivity index (χ0n) is 10.5. The molecule has 0 spiro atoms. The molecule has 1 aromatic rings. The number of ether oxygens (including phenoxy) is 1. The number of carbonyl (C=O) groups is 1. The highest BCUT2D eigenvalue weighted by atomic mass is 35.5. The molecule has 0 radical (unpaired) electrons. The van der Waals surface area contributed by atoms with E-state index in [1.807, 2.05) is 4.90 Å². The lowest BCUT2D eigenvalue weighted by Gasteiger charge is -2.37. The Morgan fingerprint density at radius 3 is 3.16 bits per heavy atom. The maximum absolute atomic E-state index is 12.6. The van der Waals surface area contributed by atoms with E-state index in [2.05, 4.69) is 4.98 Å². The van der Waals surface area contributed by atoms with Crippen molar-refractivity contribution in [3.63, 3.8) is 0 Å². The molecule has 1 amide bonds. The lowest BCUT2D eigenvalue weighted by atomic mass is 10.1. The van der Waals surface area contributed by atoms with Crippen molar-refractivity contribution in [3.8, 4) is 0 Å². The van der Waals surface area contributed by atoms with Gasteiger partial charge in [-0.15, -0.1) is 0 Å². The average Bonchev–Trinajstić information content (AvgIpc) is 2.89. The fourth-order valence-corrected chi connectivity index (χ4v) is 3.11. The smallest absolute Gasteiger partial charge is 0.274 e. The maximum atomic E-state index is 12.6. The first-order chi connectivity index (χ1) is 9.16. The minimum absolute atomic E-state index is 0.141. The zero-order valence-corrected chi connectivity index (χ0v) is 11.3. The number of carbonyl (C=O) groups excluding carboxylic acids is 1. The van der Waals surface area contributed by atoms with E-state index in [1.165, 1.54) is 0 Å². The van der Waals surface area contributed by atoms with Crippen LogP contribution in [0.3, 0.4) is 0 Å². The Labute approximate surface area is 116 Å². The predicted octanol–water partition coefficient (Wildman–Crippen LogP) is 1.71. The molecule has 1 aliphatic carbocycles. The minimum atomic E-state index is -0.141. The number of nitrogens with zero attached hydrogens (tertiary/aromatic N) is 2. The predicted molar refractivity (Wildman–Crippen MR) is 72.1 cm³/mol. The molecule has 2 atom stereocenters. The van der Waals surface area contributed by atoms with Crippen LogP contribution >= 0.6 is 11.6 Å². The Hall–Kier alpha value is -1.33. The van der Waals surface area contributed by atoms with Crippen molar-refractivity contribution in [2.24, 2.45) is 0 Å². The zero-order chi connectivity index (χ0) is 13.4. The summed E-state index contributed by atoms with van der Waals surface area (Å²) in [4.78, 5) is 18.5. The van der Waals surface area contributed by atoms with Gasteiger partial charge in [-0.25, -0.2) is 4.98 Å². The van der Waals surface area contributed by atoms with Gasteiger partial charge in [0.05, 0.1) is 23.8 Å². The van der Waals surface area contributed by atoms with Crippen LogP contribution in [0.5, 0.6) is 0 Å². The van der Waals surface area contributed by atoms with Crippen LogP contribution in [0.25, 0.3) is 0 Å². The van der Waals surface area contributed by atoms with E-state index in [4.69, 9.17) is 22.1 Å². The summed E-state index contributed by atoms with van der Waals surface area (Å²) in [5.74, 6) is 0.168. The molecule has 0 aromatic carbocycles. The fourth-order valence-electron chi connectivity index (χ4n) is 2.92. The van der Waals surface area contributed by atoms with Crippen LogP contribution in [0.15, 0.2) is 12.1 Å². The molecule has 2 unspecified atom stereocenters. The molecule has 3 rings (SSSR count). The van der Waals surface area contributed by atoms with Gasteiger partial charge >= 0.3 is 0 Å². The second kappa shape index (κ2) is 4.98. The third-order valence-corrected chi connectivity index (χ3v) is 4.12. The summed E-state index contributed by atoms with van der Waals surface area (Å²) in [6, 6.07) is 3.36. The number of pyridine rings is 1. The first-order valence-corrected chi connectivity index (χ1v) is 6.89. The van der Waals surface area contributed by atoms with Crippen LogP contribution in [-0.4, -0.2) is 41.1 Å². The number of amides is 1. The van der Waals surface area contributed by atoms with Crippen LogP contribution < -0.4 is 5.73 Å². The van der Waals surface area contributed by atoms with E-state index in [0.29, 0.717) is 24.0 Å². The molecule has 1 aromatic heterocycles. The number of anilines is 1. The van der Waals surface area contributed by atoms with Gasteiger partial charge in [0.15, 0.2) is 0 Å². The summed E-state index contributed by atoms with van der Waals surface area (Å²) < 4.78 is 5.70. The molecule has 1 saturated carbocycles. The SMILES string of the molecule is Nc1ccc(Cl)c(C(=O)N2CCOC3CCCC32)n1. The summed E-state index contributed by atoms with van der Waals surface area (Å²) in [5, 5.41) is 0.347. The molecule has 5 nitrogen and oxygen atoms in total. The summed E-state index contributed by atoms with van der Waals surface area (Å²) in [5.41, 5.74) is 5.88. The van der Waals surface area contributed by atoms with Gasteiger partial charge in [-0.1, -0.05) is 11.6 Å². The van der Waals surface area contributed by atoms with Gasteiger partial charge in [0.2, 0.25) is 0 Å². The molecule has 102 valence electrons. The first-order valence-electron chi connectivity index (χ1n) is 6.51. The number of aromatic nitrogens is 1. The second-order valence-corrected chi connectivity index (χ2v) is 5.38. The van der Waals surface area contributed by atoms with Crippen molar-refractivity contribution in [1.82, 2.24) is 9.88 Å². The Balaban J connectivity index is 1.88. The number of hydrogen-bond donors (Lipinski definition) is 1. The third kappa shape index (κ3) is 2.28. The van der Waals surface area contributed by atoms with Crippen LogP contribution in [0, 0.1) is 0 Å². The summed E-state index contributed by atoms with van der Waals surface area (Å²) in [6.45, 7) is 1.17. The van der Waals surface area contributed by atoms with Gasteiger partial charge in [0.1, 0.15) is 11.5 Å². The van der Waals surface area contributed by atoms with Gasteiger partial charge in [0, 0.05) is 6.54 Å². The van der Waals surface area contributed by atoms with Crippen molar-refractivity contribution >= 4 is 23.3 Å². The summed E-state index contributed by atoms with van der Waals surface area (Å²) in [6.07, 6.45) is 3.26. The molecule has 0 bridgehead atoms. The quantitative estimate of drug-likeness (QED) is 0.851. The van der Waals surface area contributed by atoms with Crippen molar-refractivity contribution in [2.45, 2.75) is 31.4 Å². The van der Waals surface area contributed by atoms with Crippen LogP contribution in [0.1, 0.15) is 29.8 Å². The van der Waals surface area contributed by atoms with Crippen molar-refractivity contribution in [3.05, 3.63) is 22.8 Å². The van der Waals surface area contributed by atoms with Gasteiger partial charge in [0.25, 0.3) is 5.91 Å². The Bertz CT molecular complexity index is 509. The Morgan fingerprint density at radius 2 is 2.32 bits per heavy atom. The molecule has 1 aliphatic heterocycles. The highest BCUT2D eigenvalue weighted by molar-refractivity contribution is 6.33. The van der Waals surface area contributed by atoms with Crippen molar-refractivity contribution < 1.29 is 9.53 Å². The molecule has 2 fully saturated rings. The number of nitrogens with two attached hydrogens (primary N) is 1. The largest absolute Gasteiger partial charge is 0.384 e. The molecule has 2 N–H and O–H groups in total. The van der Waals surface area contributed by atoms with E-state index in [-0.39, 0.29) is 23.7 Å². The third-order valence-electron chi connectivity index (χ3n) is 3.81. The normalized spacial score (nSPS) is 26.3. The maximum Gasteiger partial charge on any atom is 0.274 e. The minimum Gasteiger partial charge on any atom is -0.384 e. The van der Waals surface area contributed by atoms with Crippen LogP contribution in [0.4, 0.5) is 5.82 Å². The number of morpholine rings is 1. The van der Waals surface area contributed by atoms with Gasteiger partial charge in [-0.2, -0.15) is 0 Å². The Morgan fingerprint density at radius 1 is 1.47 bits per heavy atom. The van der Waals surface area contributed by atoms with E-state index in [0.717, 1.165) is 19.3 Å². The van der Waals surface area contributed by atoms with Gasteiger partial charge < -0.3 is 15.4 Å². The molecule has 1 saturated heterocycles.